The summed E-state index contributed by atoms with van der Waals surface area (Å²) >= 11 is 22.8. The van der Waals surface area contributed by atoms with E-state index in [0.29, 0.717) is 10.8 Å². The third-order valence-electron chi connectivity index (χ3n) is 4.87. The van der Waals surface area contributed by atoms with Gasteiger partial charge in [0.05, 0.1) is 20.6 Å². The summed E-state index contributed by atoms with van der Waals surface area (Å²) in [5.74, 6) is -1.70. The summed E-state index contributed by atoms with van der Waals surface area (Å²) in [4.78, 5) is 38.7. The Bertz CT molecular complexity index is 938. The second kappa shape index (κ2) is 8.94. The molecule has 1 aromatic rings. The Morgan fingerprint density at radius 3 is 2.52 bits per heavy atom. The molecule has 0 saturated carbocycles. The average Bonchev–Trinajstić information content (AvgIpc) is 2.87. The summed E-state index contributed by atoms with van der Waals surface area (Å²) in [6, 6.07) is 4.39. The van der Waals surface area contributed by atoms with Crippen LogP contribution < -0.4 is 10.1 Å². The Kier molecular flexibility index (Phi) is 7.03. The summed E-state index contributed by atoms with van der Waals surface area (Å²) in [7, 11) is -1.68. The summed E-state index contributed by atoms with van der Waals surface area (Å²) in [6.45, 7) is 2.21. The minimum absolute atomic E-state index is 0.309. The van der Waals surface area contributed by atoms with Crippen LogP contribution in [0.15, 0.2) is 24.3 Å². The Morgan fingerprint density at radius 2 is 1.90 bits per heavy atom. The van der Waals surface area contributed by atoms with Gasteiger partial charge in [0.2, 0.25) is 9.70 Å². The standard InChI is InChI=1S/C18H18Cl4N2O6S/c1-17(2)13(16(27)30-8-18(20,21)22)24-14(26)12(15(24)31(17)28)23-11(25)7-29-10-6-4-3-5-9(10)19/h3-6,12-13,15H,7-8H2,1-2H3,(H,23,25)/t12-,13+,15-,31+/m1/s1. The first-order valence-electron chi connectivity index (χ1n) is 8.97. The monoisotopic (exact) mass is 530 g/mol. The van der Waals surface area contributed by atoms with Crippen molar-refractivity contribution in [3.05, 3.63) is 29.3 Å². The predicted molar refractivity (Wildman–Crippen MR) is 117 cm³/mol. The van der Waals surface area contributed by atoms with Crippen LogP contribution in [-0.2, 0) is 29.9 Å². The largest absolute Gasteiger partial charge is 0.482 e. The molecule has 4 atom stereocenters. The SMILES string of the molecule is CC1(C)[C@H](C(=O)OCC(Cl)(Cl)Cl)N2C(=O)[C@@H](NC(=O)COc3ccccc3Cl)[C@H]2[S@@]1=O. The van der Waals surface area contributed by atoms with Crippen LogP contribution in [-0.4, -0.2) is 66.1 Å². The smallest absolute Gasteiger partial charge is 0.330 e. The van der Waals surface area contributed by atoms with Crippen molar-refractivity contribution >= 4 is 75.0 Å². The molecular formula is C18H18Cl4N2O6S. The van der Waals surface area contributed by atoms with Gasteiger partial charge in [0.25, 0.3) is 5.91 Å². The van der Waals surface area contributed by atoms with Gasteiger partial charge in [-0.2, -0.15) is 0 Å². The molecule has 0 bridgehead atoms. The molecule has 2 fully saturated rings. The number of carbonyl (C=O) groups is 3. The fourth-order valence-corrected chi connectivity index (χ4v) is 5.70. The topological polar surface area (TPSA) is 102 Å². The molecule has 2 aliphatic rings. The fourth-order valence-electron chi connectivity index (χ4n) is 3.43. The van der Waals surface area contributed by atoms with Gasteiger partial charge in [0, 0.05) is 0 Å². The van der Waals surface area contributed by atoms with Crippen LogP contribution in [0.4, 0.5) is 0 Å². The molecular weight excluding hydrogens is 514 g/mol. The highest BCUT2D eigenvalue weighted by molar-refractivity contribution is 7.87. The quantitative estimate of drug-likeness (QED) is 0.343. The first-order chi connectivity index (χ1) is 14.3. The number of β-lactam (4-membered cyclic amide) rings is 1. The molecule has 2 amide bonds. The van der Waals surface area contributed by atoms with Crippen LogP contribution in [0.5, 0.6) is 5.75 Å². The normalized spacial score (nSPS) is 26.6. The number of benzene rings is 1. The van der Waals surface area contributed by atoms with Gasteiger partial charge >= 0.3 is 5.97 Å². The highest BCUT2D eigenvalue weighted by Crippen LogP contribution is 2.44. The summed E-state index contributed by atoms with van der Waals surface area (Å²) < 4.78 is 20.4. The Morgan fingerprint density at radius 1 is 1.26 bits per heavy atom. The van der Waals surface area contributed by atoms with Crippen molar-refractivity contribution < 1.29 is 28.1 Å². The minimum atomic E-state index is -1.83. The Balaban J connectivity index is 1.65. The van der Waals surface area contributed by atoms with Crippen molar-refractivity contribution in [1.29, 1.82) is 0 Å². The van der Waals surface area contributed by atoms with Gasteiger partial charge in [-0.3, -0.25) is 13.8 Å². The summed E-state index contributed by atoms with van der Waals surface area (Å²) in [5.41, 5.74) is 0. The maximum absolute atomic E-state index is 13.0. The number of rotatable bonds is 6. The lowest BCUT2D eigenvalue weighted by Gasteiger charge is -2.43. The van der Waals surface area contributed by atoms with Gasteiger partial charge < -0.3 is 19.7 Å². The maximum Gasteiger partial charge on any atom is 0.330 e. The molecule has 31 heavy (non-hydrogen) atoms. The Labute approximate surface area is 200 Å². The maximum atomic E-state index is 13.0. The molecule has 1 aromatic carbocycles. The first-order valence-corrected chi connectivity index (χ1v) is 11.7. The van der Waals surface area contributed by atoms with Crippen LogP contribution in [0.1, 0.15) is 13.8 Å². The zero-order chi connectivity index (χ0) is 23.1. The van der Waals surface area contributed by atoms with Crippen LogP contribution in [0, 0.1) is 0 Å². The number of nitrogens with zero attached hydrogens (tertiary/aromatic N) is 1. The van der Waals surface area contributed by atoms with Gasteiger partial charge in [0.1, 0.15) is 29.8 Å². The molecule has 0 unspecified atom stereocenters. The van der Waals surface area contributed by atoms with Crippen molar-refractivity contribution in [2.24, 2.45) is 0 Å². The van der Waals surface area contributed by atoms with Crippen molar-refractivity contribution in [3.8, 4) is 5.75 Å². The lowest BCUT2D eigenvalue weighted by molar-refractivity contribution is -0.164. The Hall–Kier alpha value is -1.26. The van der Waals surface area contributed by atoms with Gasteiger partial charge in [-0.1, -0.05) is 58.5 Å². The molecule has 3 rings (SSSR count). The second-order valence-corrected chi connectivity index (χ2v) is 12.5. The highest BCUT2D eigenvalue weighted by atomic mass is 35.6. The number of hydrogen-bond donors (Lipinski definition) is 1. The van der Waals surface area contributed by atoms with E-state index >= 15 is 0 Å². The van der Waals surface area contributed by atoms with Crippen molar-refractivity contribution in [3.63, 3.8) is 0 Å². The number of fused-ring (bicyclic) bond motifs is 1. The molecule has 2 heterocycles. The lowest BCUT2D eigenvalue weighted by Crippen LogP contribution is -2.72. The number of nitrogens with one attached hydrogen (secondary N) is 1. The van der Waals surface area contributed by atoms with E-state index in [0.717, 1.165) is 4.90 Å². The van der Waals surface area contributed by atoms with E-state index in [1.807, 2.05) is 0 Å². The zero-order valence-corrected chi connectivity index (χ0v) is 20.1. The van der Waals surface area contributed by atoms with Crippen LogP contribution in [0.2, 0.25) is 5.02 Å². The number of hydrogen-bond acceptors (Lipinski definition) is 6. The molecule has 0 radical (unpaired) electrons. The summed E-state index contributed by atoms with van der Waals surface area (Å²) in [6.07, 6.45) is 0. The van der Waals surface area contributed by atoms with Crippen molar-refractivity contribution in [1.82, 2.24) is 10.2 Å². The van der Waals surface area contributed by atoms with Crippen molar-refractivity contribution in [2.45, 2.75) is 39.8 Å². The lowest BCUT2D eigenvalue weighted by atomic mass is 9.96. The molecule has 2 aliphatic heterocycles. The number of esters is 1. The molecule has 0 aromatic heterocycles. The molecule has 0 spiro atoms. The zero-order valence-electron chi connectivity index (χ0n) is 16.3. The number of para-hydroxylation sites is 1. The van der Waals surface area contributed by atoms with Gasteiger partial charge in [-0.15, -0.1) is 0 Å². The number of ether oxygens (including phenoxy) is 2. The van der Waals surface area contributed by atoms with E-state index in [1.54, 1.807) is 38.1 Å². The van der Waals surface area contributed by atoms with E-state index < -0.39 is 67.8 Å². The number of carbonyl (C=O) groups excluding carboxylic acids is 3. The van der Waals surface area contributed by atoms with E-state index in [2.05, 4.69) is 5.32 Å². The van der Waals surface area contributed by atoms with E-state index in [9.17, 15) is 18.6 Å². The number of alkyl halides is 3. The van der Waals surface area contributed by atoms with E-state index in [1.165, 1.54) is 0 Å². The van der Waals surface area contributed by atoms with E-state index in [4.69, 9.17) is 55.9 Å². The van der Waals surface area contributed by atoms with Crippen LogP contribution >= 0.6 is 46.4 Å². The number of halogens is 4. The molecule has 0 aliphatic carbocycles. The molecule has 2 saturated heterocycles. The highest BCUT2D eigenvalue weighted by Gasteiger charge is 2.68. The average molecular weight is 532 g/mol. The summed E-state index contributed by atoms with van der Waals surface area (Å²) in [5, 5.41) is 1.94. The van der Waals surface area contributed by atoms with Crippen LogP contribution in [0.25, 0.3) is 0 Å². The van der Waals surface area contributed by atoms with Gasteiger partial charge in [-0.25, -0.2) is 4.79 Å². The minimum Gasteiger partial charge on any atom is -0.482 e. The molecule has 8 nitrogen and oxygen atoms in total. The molecule has 170 valence electrons. The second-order valence-electron chi connectivity index (χ2n) is 7.43. The molecule has 13 heteroatoms. The first kappa shape index (κ1) is 24.4. The van der Waals surface area contributed by atoms with Gasteiger partial charge in [0.15, 0.2) is 6.61 Å². The van der Waals surface area contributed by atoms with Gasteiger partial charge in [-0.05, 0) is 26.0 Å². The number of amides is 2. The third kappa shape index (κ3) is 4.90. The van der Waals surface area contributed by atoms with Crippen LogP contribution in [0.3, 0.4) is 0 Å². The van der Waals surface area contributed by atoms with E-state index in [-0.39, 0.29) is 0 Å². The molecule has 1 N–H and O–H groups in total. The van der Waals surface area contributed by atoms with Crippen molar-refractivity contribution in [2.75, 3.05) is 13.2 Å². The third-order valence-corrected chi connectivity index (χ3v) is 7.71. The fraction of sp³-hybridized carbons (Fsp3) is 0.500. The predicted octanol–water partition coefficient (Wildman–Crippen LogP) is 2.19.